The number of piperidine rings is 1. The summed E-state index contributed by atoms with van der Waals surface area (Å²) in [6.45, 7) is 0.688. The van der Waals surface area contributed by atoms with Gasteiger partial charge in [0.1, 0.15) is 17.6 Å². The molecule has 1 unspecified atom stereocenters. The van der Waals surface area contributed by atoms with E-state index in [0.29, 0.717) is 24.3 Å². The van der Waals surface area contributed by atoms with Gasteiger partial charge in [0, 0.05) is 6.54 Å². The summed E-state index contributed by atoms with van der Waals surface area (Å²) in [5, 5.41) is 0. The van der Waals surface area contributed by atoms with E-state index in [1.165, 1.54) is 12.1 Å². The third kappa shape index (κ3) is 2.53. The first kappa shape index (κ1) is 15.3. The van der Waals surface area contributed by atoms with Gasteiger partial charge in [0.2, 0.25) is 0 Å². The van der Waals surface area contributed by atoms with Crippen LogP contribution in [0.25, 0.3) is 0 Å². The Morgan fingerprint density at radius 2 is 1.96 bits per heavy atom. The summed E-state index contributed by atoms with van der Waals surface area (Å²) in [6, 6.07) is 2.65. The standard InChI is InChI=1S/C19H21FN2O3/c20-14-3-4-15(21-8-14)18(23)22-9-10-5-12-7-13(6-10)17(16(12)22)25-19(24)11-1-2-11/h3-4,8,10-13,16-17H,1-2,5-7,9H2/t10-,12?,13-,16-,17+/m0/s1. The largest absolute Gasteiger partial charge is 0.460 e. The van der Waals surface area contributed by atoms with E-state index in [2.05, 4.69) is 4.98 Å². The Morgan fingerprint density at radius 3 is 2.68 bits per heavy atom. The maximum atomic E-state index is 13.1. The van der Waals surface area contributed by atoms with E-state index in [1.54, 1.807) is 0 Å². The fourth-order valence-electron chi connectivity index (χ4n) is 5.19. The SMILES string of the molecule is O=C(O[C@@H]1[C@@H]2CC3C[C@@H](C2)CN(C(=O)c2ccc(F)cn2)[C@@H]31)C1CC1. The van der Waals surface area contributed by atoms with Crippen molar-refractivity contribution in [1.82, 2.24) is 9.88 Å². The van der Waals surface area contributed by atoms with Gasteiger partial charge in [0.25, 0.3) is 5.91 Å². The predicted octanol–water partition coefficient (Wildman–Crippen LogP) is 2.41. The number of rotatable bonds is 3. The maximum Gasteiger partial charge on any atom is 0.309 e. The number of carbonyl (C=O) groups is 2. The molecule has 0 aromatic carbocycles. The average molecular weight is 344 g/mol. The summed E-state index contributed by atoms with van der Waals surface area (Å²) in [7, 11) is 0. The minimum atomic E-state index is -0.451. The van der Waals surface area contributed by atoms with Crippen molar-refractivity contribution in [2.75, 3.05) is 6.54 Å². The highest BCUT2D eigenvalue weighted by atomic mass is 19.1. The van der Waals surface area contributed by atoms with Crippen molar-refractivity contribution in [1.29, 1.82) is 0 Å². The maximum absolute atomic E-state index is 13.1. The highest BCUT2D eigenvalue weighted by molar-refractivity contribution is 5.92. The highest BCUT2D eigenvalue weighted by Gasteiger charge is 2.57. The quantitative estimate of drug-likeness (QED) is 0.790. The molecule has 0 radical (unpaired) electrons. The zero-order valence-corrected chi connectivity index (χ0v) is 13.9. The summed E-state index contributed by atoms with van der Waals surface area (Å²) in [5.74, 6) is 0.597. The molecule has 1 saturated heterocycles. The van der Waals surface area contributed by atoms with Crippen molar-refractivity contribution in [2.45, 2.75) is 44.2 Å². The number of halogens is 1. The Hall–Kier alpha value is -1.98. The van der Waals surface area contributed by atoms with E-state index in [1.807, 2.05) is 4.90 Å². The smallest absolute Gasteiger partial charge is 0.309 e. The monoisotopic (exact) mass is 344 g/mol. The first-order valence-electron chi connectivity index (χ1n) is 9.23. The third-order valence-corrected chi connectivity index (χ3v) is 6.35. The van der Waals surface area contributed by atoms with Crippen LogP contribution in [0.5, 0.6) is 0 Å². The first-order valence-corrected chi connectivity index (χ1v) is 9.23. The predicted molar refractivity (Wildman–Crippen MR) is 85.9 cm³/mol. The van der Waals surface area contributed by atoms with Crippen molar-refractivity contribution < 1.29 is 18.7 Å². The van der Waals surface area contributed by atoms with Crippen LogP contribution in [0.3, 0.4) is 0 Å². The van der Waals surface area contributed by atoms with Crippen LogP contribution in [0.1, 0.15) is 42.6 Å². The molecule has 3 aliphatic carbocycles. The number of aromatic nitrogens is 1. The van der Waals surface area contributed by atoms with Gasteiger partial charge in [0.15, 0.2) is 0 Å². The third-order valence-electron chi connectivity index (χ3n) is 6.35. The van der Waals surface area contributed by atoms with Gasteiger partial charge >= 0.3 is 5.97 Å². The van der Waals surface area contributed by atoms with Crippen molar-refractivity contribution in [3.8, 4) is 0 Å². The van der Waals surface area contributed by atoms with Crippen molar-refractivity contribution >= 4 is 11.9 Å². The number of ether oxygens (including phenoxy) is 1. The van der Waals surface area contributed by atoms with Crippen LogP contribution in [0.2, 0.25) is 0 Å². The number of esters is 1. The molecular weight excluding hydrogens is 323 g/mol. The molecule has 6 heteroatoms. The second kappa shape index (κ2) is 5.51. The number of amides is 1. The molecule has 25 heavy (non-hydrogen) atoms. The molecule has 4 aliphatic rings. The Kier molecular flexibility index (Phi) is 3.37. The summed E-state index contributed by atoms with van der Waals surface area (Å²) in [5.41, 5.74) is 0.262. The molecule has 1 amide bonds. The zero-order valence-electron chi connectivity index (χ0n) is 13.9. The van der Waals surface area contributed by atoms with E-state index < -0.39 is 5.82 Å². The second-order valence-electron chi connectivity index (χ2n) is 8.08. The topological polar surface area (TPSA) is 59.5 Å². The van der Waals surface area contributed by atoms with E-state index in [-0.39, 0.29) is 35.6 Å². The molecule has 1 aliphatic heterocycles. The van der Waals surface area contributed by atoms with Gasteiger partial charge in [-0.1, -0.05) is 0 Å². The van der Waals surface area contributed by atoms with Crippen molar-refractivity contribution in [3.63, 3.8) is 0 Å². The average Bonchev–Trinajstić information content (AvgIpc) is 3.42. The number of carbonyl (C=O) groups excluding carboxylic acids is 2. The van der Waals surface area contributed by atoms with E-state index in [4.69, 9.17) is 4.74 Å². The number of pyridine rings is 1. The Labute approximate surface area is 145 Å². The van der Waals surface area contributed by atoms with Crippen LogP contribution in [-0.4, -0.2) is 40.5 Å². The Bertz CT molecular complexity index is 718. The zero-order chi connectivity index (χ0) is 17.1. The molecule has 3 saturated carbocycles. The lowest BCUT2D eigenvalue weighted by atomic mass is 9.78. The van der Waals surface area contributed by atoms with Crippen LogP contribution in [-0.2, 0) is 9.53 Å². The number of likely N-dealkylation sites (tertiary alicyclic amines) is 1. The summed E-state index contributed by atoms with van der Waals surface area (Å²) in [6.07, 6.45) is 5.91. The molecule has 3 bridgehead atoms. The molecule has 0 spiro atoms. The molecule has 5 atom stereocenters. The minimum absolute atomic E-state index is 0.0502. The first-order chi connectivity index (χ1) is 12.1. The van der Waals surface area contributed by atoms with Gasteiger partial charge in [-0.05, 0) is 62.0 Å². The van der Waals surface area contributed by atoms with Crippen LogP contribution >= 0.6 is 0 Å². The lowest BCUT2D eigenvalue weighted by molar-refractivity contribution is -0.154. The molecule has 5 nitrogen and oxygen atoms in total. The van der Waals surface area contributed by atoms with Gasteiger partial charge in [0.05, 0.1) is 18.2 Å². The lowest BCUT2D eigenvalue weighted by Crippen LogP contribution is -2.53. The number of hydrogen-bond acceptors (Lipinski definition) is 4. The molecule has 1 aromatic rings. The molecule has 1 aromatic heterocycles. The Morgan fingerprint density at radius 1 is 1.16 bits per heavy atom. The fraction of sp³-hybridized carbons (Fsp3) is 0.632. The normalized spacial score (nSPS) is 35.7. The molecule has 132 valence electrons. The summed E-state index contributed by atoms with van der Waals surface area (Å²) in [4.78, 5) is 31.0. The molecule has 0 N–H and O–H groups in total. The molecule has 5 rings (SSSR count). The fourth-order valence-corrected chi connectivity index (χ4v) is 5.19. The summed E-state index contributed by atoms with van der Waals surface area (Å²) >= 11 is 0. The lowest BCUT2D eigenvalue weighted by Gasteiger charge is -2.42. The van der Waals surface area contributed by atoms with Crippen LogP contribution in [0, 0.1) is 29.5 Å². The van der Waals surface area contributed by atoms with Gasteiger partial charge in [-0.15, -0.1) is 0 Å². The molecule has 4 fully saturated rings. The second-order valence-corrected chi connectivity index (χ2v) is 8.08. The van der Waals surface area contributed by atoms with Gasteiger partial charge in [-0.2, -0.15) is 0 Å². The van der Waals surface area contributed by atoms with Gasteiger partial charge < -0.3 is 9.64 Å². The van der Waals surface area contributed by atoms with Crippen LogP contribution in [0.15, 0.2) is 18.3 Å². The van der Waals surface area contributed by atoms with Gasteiger partial charge in [-0.3, -0.25) is 9.59 Å². The van der Waals surface area contributed by atoms with Crippen molar-refractivity contribution in [3.05, 3.63) is 29.8 Å². The van der Waals surface area contributed by atoms with E-state index in [0.717, 1.165) is 38.3 Å². The van der Waals surface area contributed by atoms with E-state index in [9.17, 15) is 14.0 Å². The highest BCUT2D eigenvalue weighted by Crippen LogP contribution is 2.52. The summed E-state index contributed by atoms with van der Waals surface area (Å²) < 4.78 is 19.0. The number of hydrogen-bond donors (Lipinski definition) is 0. The number of fused-ring (bicyclic) bond motifs is 2. The number of nitrogens with zero attached hydrogens (tertiary/aromatic N) is 2. The van der Waals surface area contributed by atoms with Gasteiger partial charge in [-0.25, -0.2) is 9.37 Å². The van der Waals surface area contributed by atoms with Crippen molar-refractivity contribution in [2.24, 2.45) is 23.7 Å². The van der Waals surface area contributed by atoms with E-state index >= 15 is 0 Å². The van der Waals surface area contributed by atoms with Crippen LogP contribution in [0.4, 0.5) is 4.39 Å². The Balaban J connectivity index is 1.42. The van der Waals surface area contributed by atoms with Crippen LogP contribution < -0.4 is 0 Å². The molecule has 2 heterocycles. The molecular formula is C19H21FN2O3. The minimum Gasteiger partial charge on any atom is -0.460 e.